The predicted octanol–water partition coefficient (Wildman–Crippen LogP) is 2.59. The minimum absolute atomic E-state index is 0.222. The second kappa shape index (κ2) is 5.33. The van der Waals surface area contributed by atoms with Gasteiger partial charge in [-0.05, 0) is 27.7 Å². The van der Waals surface area contributed by atoms with Gasteiger partial charge < -0.3 is 5.11 Å². The Hall–Kier alpha value is 0.540. The van der Waals surface area contributed by atoms with Gasteiger partial charge in [0, 0.05) is 0 Å². The van der Waals surface area contributed by atoms with Crippen LogP contribution in [0, 0.1) is 0 Å². The Balaban J connectivity index is 0. The molecule has 0 aromatic rings. The third kappa shape index (κ3) is 1250. The molecule has 1 nitrogen and oxygen atoms in total. The Kier molecular flexibility index (Phi) is 7.25. The van der Waals surface area contributed by atoms with Crippen molar-refractivity contribution in [2.75, 3.05) is 0 Å². The third-order valence-electron chi connectivity index (χ3n) is 0. The lowest BCUT2D eigenvalue weighted by Gasteiger charge is -2.04. The molecule has 0 saturated carbocycles. The molecule has 0 aliphatic rings. The van der Waals surface area contributed by atoms with Gasteiger partial charge in [0.1, 0.15) is 4.84 Å². The lowest BCUT2D eigenvalue weighted by atomic mass is 10.2. The summed E-state index contributed by atoms with van der Waals surface area (Å²) in [6.45, 7) is 6.93. The summed E-state index contributed by atoms with van der Waals surface area (Å²) < 4.78 is 0. The lowest BCUT2D eigenvalue weighted by molar-refractivity contribution is 0.102. The van der Waals surface area contributed by atoms with E-state index in [0.717, 1.165) is 0 Å². The number of alkyl halides is 2. The molecule has 3 heteroatoms. The monoisotopic (exact) mass is 172 g/mol. The van der Waals surface area contributed by atoms with Crippen LogP contribution in [0.2, 0.25) is 0 Å². The highest BCUT2D eigenvalue weighted by Gasteiger charge is 1.97. The predicted molar refractivity (Wildman–Crippen MR) is 43.1 cm³/mol. The Morgan fingerprint density at radius 3 is 1.22 bits per heavy atom. The maximum Gasteiger partial charge on any atom is 0.105 e. The summed E-state index contributed by atoms with van der Waals surface area (Å²) in [7, 11) is 0. The maximum atomic E-state index is 8.52. The van der Waals surface area contributed by atoms with E-state index in [-0.39, 0.29) is 4.84 Å². The molecule has 0 aliphatic heterocycles. The Morgan fingerprint density at radius 1 is 1.22 bits per heavy atom. The second-order valence-electron chi connectivity index (χ2n) is 2.69. The fourth-order valence-electron chi connectivity index (χ4n) is 0. The van der Waals surface area contributed by atoms with Gasteiger partial charge in [0.15, 0.2) is 0 Å². The van der Waals surface area contributed by atoms with Gasteiger partial charge in [0.25, 0.3) is 0 Å². The van der Waals surface area contributed by atoms with Crippen molar-refractivity contribution in [1.82, 2.24) is 0 Å². The van der Waals surface area contributed by atoms with E-state index < -0.39 is 5.60 Å². The molecule has 0 atom stereocenters. The summed E-state index contributed by atoms with van der Waals surface area (Å²) in [5.41, 5.74) is -0.500. The summed E-state index contributed by atoms with van der Waals surface area (Å²) in [6, 6.07) is 0. The number of rotatable bonds is 0. The Labute approximate surface area is 67.0 Å². The minimum atomic E-state index is -0.500. The van der Waals surface area contributed by atoms with Crippen molar-refractivity contribution in [3.8, 4) is 0 Å². The summed E-state index contributed by atoms with van der Waals surface area (Å²) in [5, 5.41) is 8.52. The van der Waals surface area contributed by atoms with E-state index >= 15 is 0 Å². The van der Waals surface area contributed by atoms with Crippen LogP contribution in [0.15, 0.2) is 0 Å². The van der Waals surface area contributed by atoms with Crippen LogP contribution in [-0.4, -0.2) is 15.5 Å². The zero-order valence-electron chi connectivity index (χ0n) is 6.28. The van der Waals surface area contributed by atoms with Gasteiger partial charge in [0.2, 0.25) is 0 Å². The highest BCUT2D eigenvalue weighted by Crippen LogP contribution is 1.95. The highest BCUT2D eigenvalue weighted by molar-refractivity contribution is 6.43. The first-order valence-electron chi connectivity index (χ1n) is 2.74. The van der Waals surface area contributed by atoms with Crippen LogP contribution < -0.4 is 0 Å². The van der Waals surface area contributed by atoms with E-state index in [4.69, 9.17) is 28.3 Å². The molecule has 0 radical (unpaired) electrons. The van der Waals surface area contributed by atoms with Crippen molar-refractivity contribution in [3.63, 3.8) is 0 Å². The van der Waals surface area contributed by atoms with E-state index in [0.29, 0.717) is 0 Å². The quantitative estimate of drug-likeness (QED) is 0.558. The van der Waals surface area contributed by atoms with Crippen LogP contribution in [0.3, 0.4) is 0 Å². The molecular formula is C6H14Cl2O. The molecular weight excluding hydrogens is 159 g/mol. The summed E-state index contributed by atoms with van der Waals surface area (Å²) in [6.07, 6.45) is 0. The molecule has 0 saturated heterocycles. The normalized spacial score (nSPS) is 10.7. The molecule has 0 fully saturated rings. The average Bonchev–Trinajstić information content (AvgIpc) is 1.19. The highest BCUT2D eigenvalue weighted by atomic mass is 35.5. The number of hydrogen-bond acceptors (Lipinski definition) is 1. The molecule has 0 unspecified atom stereocenters. The molecule has 0 spiro atoms. The molecule has 0 aromatic heterocycles. The van der Waals surface area contributed by atoms with Crippen LogP contribution in [-0.2, 0) is 0 Å². The molecule has 0 aromatic carbocycles. The summed E-state index contributed by atoms with van der Waals surface area (Å²) in [5.74, 6) is 0. The van der Waals surface area contributed by atoms with Crippen LogP contribution >= 0.6 is 23.2 Å². The molecule has 58 valence electrons. The SMILES string of the molecule is CC(C)(C)O.CC(Cl)Cl. The van der Waals surface area contributed by atoms with Gasteiger partial charge in [-0.25, -0.2) is 0 Å². The van der Waals surface area contributed by atoms with Gasteiger partial charge in [-0.1, -0.05) is 0 Å². The average molecular weight is 173 g/mol. The number of halogens is 2. The van der Waals surface area contributed by atoms with E-state index in [1.54, 1.807) is 27.7 Å². The largest absolute Gasteiger partial charge is 0.391 e. The van der Waals surface area contributed by atoms with Crippen LogP contribution in [0.25, 0.3) is 0 Å². The van der Waals surface area contributed by atoms with Crippen molar-refractivity contribution in [2.24, 2.45) is 0 Å². The first-order chi connectivity index (χ1) is 3.73. The first-order valence-corrected chi connectivity index (χ1v) is 3.61. The maximum absolute atomic E-state index is 8.52. The van der Waals surface area contributed by atoms with Gasteiger partial charge in [-0.3, -0.25) is 0 Å². The smallest absolute Gasteiger partial charge is 0.105 e. The molecule has 9 heavy (non-hydrogen) atoms. The summed E-state index contributed by atoms with van der Waals surface area (Å²) in [4.78, 5) is -0.222. The van der Waals surface area contributed by atoms with Gasteiger partial charge in [-0.15, -0.1) is 23.2 Å². The van der Waals surface area contributed by atoms with Gasteiger partial charge >= 0.3 is 0 Å². The number of aliphatic hydroxyl groups is 1. The standard InChI is InChI=1S/C4H10O.C2H4Cl2/c1-4(2,3)5;1-2(3)4/h5H,1-3H3;2H,1H3. The topological polar surface area (TPSA) is 20.2 Å². The van der Waals surface area contributed by atoms with Crippen molar-refractivity contribution in [3.05, 3.63) is 0 Å². The van der Waals surface area contributed by atoms with E-state index in [1.165, 1.54) is 0 Å². The second-order valence-corrected chi connectivity index (χ2v) is 4.22. The van der Waals surface area contributed by atoms with Crippen LogP contribution in [0.4, 0.5) is 0 Å². The first kappa shape index (κ1) is 12.2. The zero-order chi connectivity index (χ0) is 8.08. The van der Waals surface area contributed by atoms with Gasteiger partial charge in [-0.2, -0.15) is 0 Å². The zero-order valence-corrected chi connectivity index (χ0v) is 7.79. The van der Waals surface area contributed by atoms with Crippen molar-refractivity contribution >= 4 is 23.2 Å². The fourth-order valence-corrected chi connectivity index (χ4v) is 0. The molecule has 1 N–H and O–H groups in total. The molecule has 0 aliphatic carbocycles. The van der Waals surface area contributed by atoms with E-state index in [9.17, 15) is 0 Å². The molecule has 0 heterocycles. The van der Waals surface area contributed by atoms with E-state index in [1.807, 2.05) is 0 Å². The van der Waals surface area contributed by atoms with E-state index in [2.05, 4.69) is 0 Å². The number of hydrogen-bond donors (Lipinski definition) is 1. The van der Waals surface area contributed by atoms with Crippen LogP contribution in [0.1, 0.15) is 27.7 Å². The Morgan fingerprint density at radius 2 is 1.22 bits per heavy atom. The molecule has 0 bridgehead atoms. The fraction of sp³-hybridized carbons (Fsp3) is 1.00. The lowest BCUT2D eigenvalue weighted by Crippen LogP contribution is -2.10. The third-order valence-corrected chi connectivity index (χ3v) is 0. The molecule has 0 amide bonds. The van der Waals surface area contributed by atoms with Crippen molar-refractivity contribution in [1.29, 1.82) is 0 Å². The van der Waals surface area contributed by atoms with Crippen molar-refractivity contribution < 1.29 is 5.11 Å². The molecule has 0 rings (SSSR count). The summed E-state index contributed by atoms with van der Waals surface area (Å²) >= 11 is 10.1. The van der Waals surface area contributed by atoms with Crippen molar-refractivity contribution in [2.45, 2.75) is 38.1 Å². The Bertz CT molecular complexity index is 47.8. The van der Waals surface area contributed by atoms with Gasteiger partial charge in [0.05, 0.1) is 5.60 Å². The van der Waals surface area contributed by atoms with Crippen LogP contribution in [0.5, 0.6) is 0 Å². The minimum Gasteiger partial charge on any atom is -0.391 e.